The van der Waals surface area contributed by atoms with Gasteiger partial charge in [-0.25, -0.2) is 0 Å². The summed E-state index contributed by atoms with van der Waals surface area (Å²) in [5.74, 6) is 1.10. The summed E-state index contributed by atoms with van der Waals surface area (Å²) in [6, 6.07) is 5.49. The van der Waals surface area contributed by atoms with E-state index in [-0.39, 0.29) is 5.91 Å². The Kier molecular flexibility index (Phi) is 5.92. The molecule has 1 fully saturated rings. The maximum absolute atomic E-state index is 12.8. The van der Waals surface area contributed by atoms with E-state index in [4.69, 9.17) is 9.47 Å². The van der Waals surface area contributed by atoms with Crippen LogP contribution >= 0.6 is 23.1 Å². The first-order valence-electron chi connectivity index (χ1n) is 7.99. The van der Waals surface area contributed by atoms with E-state index < -0.39 is 0 Å². The third-order valence-corrected chi connectivity index (χ3v) is 5.35. The number of methoxy groups -OCH3 is 2. The number of rotatable bonds is 6. The molecule has 0 radical (unpaired) electrons. The van der Waals surface area contributed by atoms with E-state index in [0.29, 0.717) is 33.2 Å². The zero-order valence-electron chi connectivity index (χ0n) is 15.1. The molecule has 0 aliphatic carbocycles. The summed E-state index contributed by atoms with van der Waals surface area (Å²) < 4.78 is 10.6. The average Bonchev–Trinajstić information content (AvgIpc) is 3.20. The minimum absolute atomic E-state index is 0.130. The van der Waals surface area contributed by atoms with Gasteiger partial charge in [0.1, 0.15) is 5.01 Å². The van der Waals surface area contributed by atoms with Gasteiger partial charge in [-0.1, -0.05) is 23.5 Å². The van der Waals surface area contributed by atoms with Crippen molar-refractivity contribution in [1.82, 2.24) is 15.1 Å². The highest BCUT2D eigenvalue weighted by molar-refractivity contribution is 8.18. The Hall–Kier alpha value is -2.65. The summed E-state index contributed by atoms with van der Waals surface area (Å²) in [6.45, 7) is 5.95. The van der Waals surface area contributed by atoms with Crippen LogP contribution in [-0.4, -0.2) is 46.9 Å². The van der Waals surface area contributed by atoms with Crippen LogP contribution in [0, 0.1) is 6.92 Å². The average molecular weight is 403 g/mol. The van der Waals surface area contributed by atoms with Crippen molar-refractivity contribution >= 4 is 45.4 Å². The molecule has 1 aliphatic heterocycles. The molecule has 7 nitrogen and oxygen atoms in total. The number of aryl methyl sites for hydroxylation is 1. The van der Waals surface area contributed by atoms with E-state index in [0.717, 1.165) is 10.6 Å². The minimum atomic E-state index is -0.130. The number of hydrogen-bond acceptors (Lipinski definition) is 8. The Morgan fingerprint density at radius 3 is 2.67 bits per heavy atom. The van der Waals surface area contributed by atoms with Gasteiger partial charge in [-0.3, -0.25) is 9.69 Å². The van der Waals surface area contributed by atoms with Crippen LogP contribution in [0.15, 0.2) is 40.8 Å². The Balaban J connectivity index is 1.94. The Bertz CT molecular complexity index is 936. The minimum Gasteiger partial charge on any atom is -0.493 e. The van der Waals surface area contributed by atoms with Crippen molar-refractivity contribution in [2.24, 2.45) is 4.99 Å². The molecule has 2 heterocycles. The number of ether oxygens (including phenoxy) is 2. The highest BCUT2D eigenvalue weighted by atomic mass is 32.2. The summed E-state index contributed by atoms with van der Waals surface area (Å²) in [4.78, 5) is 19.4. The lowest BCUT2D eigenvalue weighted by atomic mass is 10.2. The largest absolute Gasteiger partial charge is 0.493 e. The Morgan fingerprint density at radius 1 is 1.26 bits per heavy atom. The van der Waals surface area contributed by atoms with Crippen LogP contribution in [0.25, 0.3) is 6.08 Å². The molecule has 2 aromatic rings. The third kappa shape index (κ3) is 4.20. The molecule has 0 spiro atoms. The second-order valence-corrected chi connectivity index (χ2v) is 7.60. The number of aliphatic imine (C=N–C) groups is 1. The molecule has 1 aromatic heterocycles. The molecular formula is C18H18N4O3S2. The van der Waals surface area contributed by atoms with Crippen molar-refractivity contribution in [3.8, 4) is 11.5 Å². The van der Waals surface area contributed by atoms with E-state index in [1.54, 1.807) is 37.3 Å². The van der Waals surface area contributed by atoms with Crippen LogP contribution in [-0.2, 0) is 4.79 Å². The molecule has 0 unspecified atom stereocenters. The fourth-order valence-electron chi connectivity index (χ4n) is 2.39. The van der Waals surface area contributed by atoms with Gasteiger partial charge < -0.3 is 9.47 Å². The predicted molar refractivity (Wildman–Crippen MR) is 109 cm³/mol. The number of thioether (sulfide) groups is 1. The van der Waals surface area contributed by atoms with Gasteiger partial charge in [-0.2, -0.15) is 4.99 Å². The van der Waals surface area contributed by atoms with E-state index in [9.17, 15) is 4.79 Å². The van der Waals surface area contributed by atoms with Gasteiger partial charge in [0.25, 0.3) is 5.91 Å². The number of nitrogens with zero attached hydrogens (tertiary/aromatic N) is 4. The fourth-order valence-corrected chi connectivity index (χ4v) is 3.99. The summed E-state index contributed by atoms with van der Waals surface area (Å²) in [5, 5.41) is 9.86. The fraction of sp³-hybridized carbons (Fsp3) is 0.222. The van der Waals surface area contributed by atoms with Gasteiger partial charge in [0.2, 0.25) is 5.13 Å². The van der Waals surface area contributed by atoms with E-state index >= 15 is 0 Å². The molecule has 3 rings (SSSR count). The third-order valence-electron chi connectivity index (χ3n) is 3.61. The van der Waals surface area contributed by atoms with E-state index in [1.165, 1.54) is 23.1 Å². The molecule has 1 saturated heterocycles. The molecular weight excluding hydrogens is 384 g/mol. The topological polar surface area (TPSA) is 76.9 Å². The summed E-state index contributed by atoms with van der Waals surface area (Å²) in [6.07, 6.45) is 3.47. The quantitative estimate of drug-likeness (QED) is 0.542. The lowest BCUT2D eigenvalue weighted by Crippen LogP contribution is -2.29. The Labute approximate surface area is 165 Å². The summed E-state index contributed by atoms with van der Waals surface area (Å²) in [5.41, 5.74) is 0.829. The first-order chi connectivity index (χ1) is 13.0. The van der Waals surface area contributed by atoms with Crippen molar-refractivity contribution < 1.29 is 14.3 Å². The van der Waals surface area contributed by atoms with E-state index in [1.807, 2.05) is 19.1 Å². The maximum Gasteiger partial charge on any atom is 0.267 e. The van der Waals surface area contributed by atoms with Gasteiger partial charge in [0.05, 0.1) is 19.1 Å². The molecule has 0 N–H and O–H groups in total. The normalized spacial score (nSPS) is 17.0. The maximum atomic E-state index is 12.8. The molecule has 27 heavy (non-hydrogen) atoms. The first-order valence-corrected chi connectivity index (χ1v) is 9.62. The molecule has 1 amide bonds. The number of carbonyl (C=O) groups excluding carboxylic acids is 1. The molecule has 0 saturated carbocycles. The molecule has 0 atom stereocenters. The standard InChI is InChI=1S/C18H18N4O3S2/c1-5-8-22-16(23)15(27-18(22)19-17-21-20-11(2)26-17)10-12-6-7-13(24-3)14(9-12)25-4/h5-7,9-10H,1,8H2,2-4H3/b15-10-,19-18+. The zero-order valence-corrected chi connectivity index (χ0v) is 16.8. The Morgan fingerprint density at radius 2 is 2.04 bits per heavy atom. The van der Waals surface area contributed by atoms with Crippen LogP contribution < -0.4 is 9.47 Å². The van der Waals surface area contributed by atoms with Crippen LogP contribution in [0.1, 0.15) is 10.6 Å². The second-order valence-electron chi connectivity index (χ2n) is 5.43. The molecule has 140 valence electrons. The number of aromatic nitrogens is 2. The number of amidine groups is 1. The van der Waals surface area contributed by atoms with Crippen molar-refractivity contribution in [3.05, 3.63) is 46.3 Å². The van der Waals surface area contributed by atoms with Crippen LogP contribution in [0.2, 0.25) is 0 Å². The predicted octanol–water partition coefficient (Wildman–Crippen LogP) is 3.65. The van der Waals surface area contributed by atoms with Gasteiger partial charge >= 0.3 is 0 Å². The number of carbonyl (C=O) groups is 1. The van der Waals surface area contributed by atoms with Gasteiger partial charge in [-0.15, -0.1) is 16.8 Å². The zero-order chi connectivity index (χ0) is 19.4. The molecule has 1 aromatic carbocycles. The molecule has 1 aliphatic rings. The van der Waals surface area contributed by atoms with Crippen molar-refractivity contribution in [2.45, 2.75) is 6.92 Å². The van der Waals surface area contributed by atoms with Gasteiger partial charge in [0, 0.05) is 6.54 Å². The molecule has 9 heteroatoms. The van der Waals surface area contributed by atoms with Crippen LogP contribution in [0.5, 0.6) is 11.5 Å². The van der Waals surface area contributed by atoms with Crippen LogP contribution in [0.4, 0.5) is 5.13 Å². The van der Waals surface area contributed by atoms with Crippen molar-refractivity contribution in [2.75, 3.05) is 20.8 Å². The van der Waals surface area contributed by atoms with Crippen molar-refractivity contribution in [3.63, 3.8) is 0 Å². The van der Waals surface area contributed by atoms with Gasteiger partial charge in [-0.05, 0) is 42.5 Å². The number of benzene rings is 1. The SMILES string of the molecule is C=CCN1C(=O)/C(=C/c2ccc(OC)c(OC)c2)S/C1=N/c1nnc(C)s1. The van der Waals surface area contributed by atoms with Gasteiger partial charge in [0.15, 0.2) is 16.7 Å². The number of amides is 1. The smallest absolute Gasteiger partial charge is 0.267 e. The van der Waals surface area contributed by atoms with E-state index in [2.05, 4.69) is 21.8 Å². The lowest BCUT2D eigenvalue weighted by Gasteiger charge is -2.11. The lowest BCUT2D eigenvalue weighted by molar-refractivity contribution is -0.121. The monoisotopic (exact) mass is 402 g/mol. The summed E-state index contributed by atoms with van der Waals surface area (Å²) >= 11 is 2.67. The highest BCUT2D eigenvalue weighted by Gasteiger charge is 2.33. The summed E-state index contributed by atoms with van der Waals surface area (Å²) in [7, 11) is 3.16. The number of hydrogen-bond donors (Lipinski definition) is 0. The van der Waals surface area contributed by atoms with Crippen LogP contribution in [0.3, 0.4) is 0 Å². The first kappa shape index (κ1) is 19.1. The van der Waals surface area contributed by atoms with Crippen molar-refractivity contribution in [1.29, 1.82) is 0 Å². The second kappa shape index (κ2) is 8.36. The molecule has 0 bridgehead atoms. The highest BCUT2D eigenvalue weighted by Crippen LogP contribution is 2.36.